The van der Waals surface area contributed by atoms with Crippen LogP contribution >= 0.6 is 0 Å². The van der Waals surface area contributed by atoms with Gasteiger partial charge in [0, 0.05) is 5.39 Å². The van der Waals surface area contributed by atoms with E-state index in [0.29, 0.717) is 28.1 Å². The van der Waals surface area contributed by atoms with Crippen LogP contribution in [0.3, 0.4) is 0 Å². The Morgan fingerprint density at radius 1 is 1.00 bits per heavy atom. The smallest absolute Gasteiger partial charge is 0.397 e. The minimum atomic E-state index is -4.46. The number of rotatable bonds is 2. The number of nitrogen functional groups attached to an aromatic ring is 1. The van der Waals surface area contributed by atoms with Crippen LogP contribution in [0.25, 0.3) is 10.9 Å². The van der Waals surface area contributed by atoms with Crippen molar-refractivity contribution in [2.45, 2.75) is 6.18 Å². The summed E-state index contributed by atoms with van der Waals surface area (Å²) in [6.45, 7) is 0. The maximum Gasteiger partial charge on any atom is 0.433 e. The van der Waals surface area contributed by atoms with E-state index in [9.17, 15) is 13.2 Å². The zero-order chi connectivity index (χ0) is 15.7. The summed E-state index contributed by atoms with van der Waals surface area (Å²) in [5, 5.41) is 3.59. The fraction of sp³-hybridized carbons (Fsp3) is 0.0714. The number of anilines is 3. The Labute approximate surface area is 123 Å². The van der Waals surface area contributed by atoms with Crippen molar-refractivity contribution in [3.8, 4) is 0 Å². The highest BCUT2D eigenvalue weighted by atomic mass is 19.4. The molecule has 0 aliphatic heterocycles. The van der Waals surface area contributed by atoms with Crippen LogP contribution in [0.5, 0.6) is 0 Å². The van der Waals surface area contributed by atoms with E-state index in [-0.39, 0.29) is 0 Å². The van der Waals surface area contributed by atoms with Crippen molar-refractivity contribution in [2.75, 3.05) is 11.1 Å². The van der Waals surface area contributed by atoms with Crippen molar-refractivity contribution >= 4 is 28.1 Å². The largest absolute Gasteiger partial charge is 0.433 e. The number of para-hydroxylation sites is 1. The van der Waals surface area contributed by atoms with Crippen LogP contribution in [-0.4, -0.2) is 15.0 Å². The molecule has 1 aromatic carbocycles. The maximum atomic E-state index is 12.5. The second-order valence-corrected chi connectivity index (χ2v) is 4.52. The minimum Gasteiger partial charge on any atom is -0.397 e. The van der Waals surface area contributed by atoms with Crippen LogP contribution in [0.4, 0.5) is 30.4 Å². The molecule has 2 heterocycles. The Morgan fingerprint density at radius 2 is 1.82 bits per heavy atom. The Kier molecular flexibility index (Phi) is 3.28. The average Bonchev–Trinajstić information content (AvgIpc) is 2.48. The Hall–Kier alpha value is -2.90. The molecule has 8 heteroatoms. The molecule has 0 saturated carbocycles. The van der Waals surface area contributed by atoms with Gasteiger partial charge in [-0.3, -0.25) is 0 Å². The van der Waals surface area contributed by atoms with Gasteiger partial charge in [-0.05, 0) is 24.3 Å². The molecule has 22 heavy (non-hydrogen) atoms. The molecule has 0 saturated heterocycles. The summed E-state index contributed by atoms with van der Waals surface area (Å²) in [5.41, 5.74) is 6.33. The molecule has 0 radical (unpaired) electrons. The molecule has 0 fully saturated rings. The van der Waals surface area contributed by atoms with Crippen molar-refractivity contribution in [3.63, 3.8) is 0 Å². The van der Waals surface area contributed by atoms with E-state index in [1.807, 2.05) is 0 Å². The van der Waals surface area contributed by atoms with Crippen LogP contribution < -0.4 is 11.1 Å². The third-order valence-corrected chi connectivity index (χ3v) is 3.01. The first-order chi connectivity index (χ1) is 10.4. The summed E-state index contributed by atoms with van der Waals surface area (Å²) < 4.78 is 37.4. The van der Waals surface area contributed by atoms with E-state index >= 15 is 0 Å². The van der Waals surface area contributed by atoms with Crippen LogP contribution in [0.15, 0.2) is 42.9 Å². The Morgan fingerprint density at radius 3 is 2.50 bits per heavy atom. The maximum absolute atomic E-state index is 12.5. The summed E-state index contributed by atoms with van der Waals surface area (Å²) in [4.78, 5) is 11.6. The average molecular weight is 305 g/mol. The van der Waals surface area contributed by atoms with Crippen LogP contribution in [-0.2, 0) is 6.18 Å². The number of nitrogens with one attached hydrogen (secondary N) is 1. The molecule has 0 aliphatic carbocycles. The molecule has 0 spiro atoms. The molecule has 3 N–H and O–H groups in total. The second-order valence-electron chi connectivity index (χ2n) is 4.52. The highest BCUT2D eigenvalue weighted by molar-refractivity contribution is 5.97. The number of fused-ring (bicyclic) bond motifs is 1. The molecule has 0 amide bonds. The number of pyridine rings is 1. The predicted molar refractivity (Wildman–Crippen MR) is 76.5 cm³/mol. The van der Waals surface area contributed by atoms with Gasteiger partial charge in [-0.2, -0.15) is 13.2 Å². The van der Waals surface area contributed by atoms with Gasteiger partial charge >= 0.3 is 6.18 Å². The van der Waals surface area contributed by atoms with E-state index in [4.69, 9.17) is 5.73 Å². The molecule has 0 atom stereocenters. The van der Waals surface area contributed by atoms with Crippen LogP contribution in [0.2, 0.25) is 0 Å². The molecule has 2 aromatic heterocycles. The van der Waals surface area contributed by atoms with E-state index in [2.05, 4.69) is 20.3 Å². The number of nitrogens with zero attached hydrogens (tertiary/aromatic N) is 3. The molecular weight excluding hydrogens is 295 g/mol. The molecule has 0 unspecified atom stereocenters. The molecule has 112 valence electrons. The van der Waals surface area contributed by atoms with Gasteiger partial charge in [0.2, 0.25) is 0 Å². The van der Waals surface area contributed by atoms with E-state index in [0.717, 1.165) is 12.3 Å². The SMILES string of the molecule is Nc1cccc2c(Nc3ccc(C(F)(F)F)nc3)ncnc12. The predicted octanol–water partition coefficient (Wildman–Crippen LogP) is 3.37. The van der Waals surface area contributed by atoms with E-state index < -0.39 is 11.9 Å². The third-order valence-electron chi connectivity index (χ3n) is 3.01. The zero-order valence-electron chi connectivity index (χ0n) is 11.1. The summed E-state index contributed by atoms with van der Waals surface area (Å²) >= 11 is 0. The number of hydrogen-bond acceptors (Lipinski definition) is 5. The fourth-order valence-corrected chi connectivity index (χ4v) is 1.98. The molecule has 0 aliphatic rings. The Bertz CT molecular complexity index is 815. The summed E-state index contributed by atoms with van der Waals surface area (Å²) in [7, 11) is 0. The topological polar surface area (TPSA) is 76.7 Å². The zero-order valence-corrected chi connectivity index (χ0v) is 11.1. The highest BCUT2D eigenvalue weighted by Crippen LogP contribution is 2.29. The van der Waals surface area contributed by atoms with Crippen molar-refractivity contribution < 1.29 is 13.2 Å². The normalized spacial score (nSPS) is 11.6. The van der Waals surface area contributed by atoms with Crippen molar-refractivity contribution in [1.29, 1.82) is 0 Å². The number of halogens is 3. The molecule has 3 rings (SSSR count). The molecule has 0 bridgehead atoms. The number of aromatic nitrogens is 3. The summed E-state index contributed by atoms with van der Waals surface area (Å²) in [6, 6.07) is 7.41. The van der Waals surface area contributed by atoms with Crippen LogP contribution in [0, 0.1) is 0 Å². The number of benzene rings is 1. The molecular formula is C14H10F3N5. The van der Waals surface area contributed by atoms with Crippen LogP contribution in [0.1, 0.15) is 5.69 Å². The first-order valence-corrected chi connectivity index (χ1v) is 6.24. The summed E-state index contributed by atoms with van der Waals surface area (Å²) in [6.07, 6.45) is -2.03. The van der Waals surface area contributed by atoms with E-state index in [1.54, 1.807) is 18.2 Å². The number of hydrogen-bond donors (Lipinski definition) is 2. The van der Waals surface area contributed by atoms with Gasteiger partial charge in [-0.25, -0.2) is 15.0 Å². The first-order valence-electron chi connectivity index (χ1n) is 6.24. The van der Waals surface area contributed by atoms with Gasteiger partial charge in [-0.1, -0.05) is 6.07 Å². The minimum absolute atomic E-state index is 0.385. The lowest BCUT2D eigenvalue weighted by molar-refractivity contribution is -0.141. The highest BCUT2D eigenvalue weighted by Gasteiger charge is 2.32. The number of nitrogens with two attached hydrogens (primary N) is 1. The lowest BCUT2D eigenvalue weighted by atomic mass is 10.2. The monoisotopic (exact) mass is 305 g/mol. The third kappa shape index (κ3) is 2.62. The second kappa shape index (κ2) is 5.14. The summed E-state index contributed by atoms with van der Waals surface area (Å²) in [5.74, 6) is 0.443. The van der Waals surface area contributed by atoms with Crippen molar-refractivity contribution in [1.82, 2.24) is 15.0 Å². The fourth-order valence-electron chi connectivity index (χ4n) is 1.98. The quantitative estimate of drug-likeness (QED) is 0.710. The van der Waals surface area contributed by atoms with Gasteiger partial charge < -0.3 is 11.1 Å². The van der Waals surface area contributed by atoms with Gasteiger partial charge in [-0.15, -0.1) is 0 Å². The molecule has 3 aromatic rings. The standard InChI is InChI=1S/C14H10F3N5/c15-14(16,17)11-5-4-8(6-19-11)22-13-9-2-1-3-10(18)12(9)20-7-21-13/h1-7H,18H2,(H,20,21,22). The molecule has 5 nitrogen and oxygen atoms in total. The number of alkyl halides is 3. The van der Waals surface area contributed by atoms with Gasteiger partial charge in [0.25, 0.3) is 0 Å². The van der Waals surface area contributed by atoms with Gasteiger partial charge in [0.15, 0.2) is 0 Å². The first kappa shape index (κ1) is 14.1. The lowest BCUT2D eigenvalue weighted by Crippen LogP contribution is -2.07. The Balaban J connectivity index is 1.95. The van der Waals surface area contributed by atoms with Gasteiger partial charge in [0.05, 0.1) is 23.1 Å². The van der Waals surface area contributed by atoms with Crippen molar-refractivity contribution in [3.05, 3.63) is 48.5 Å². The van der Waals surface area contributed by atoms with E-state index in [1.165, 1.54) is 12.4 Å². The van der Waals surface area contributed by atoms with Crippen molar-refractivity contribution in [2.24, 2.45) is 0 Å². The lowest BCUT2D eigenvalue weighted by Gasteiger charge is -2.10. The van der Waals surface area contributed by atoms with Gasteiger partial charge in [0.1, 0.15) is 17.8 Å².